The highest BCUT2D eigenvalue weighted by Crippen LogP contribution is 2.30. The van der Waals surface area contributed by atoms with E-state index in [-0.39, 0.29) is 11.7 Å². The van der Waals surface area contributed by atoms with E-state index in [1.807, 2.05) is 18.2 Å². The van der Waals surface area contributed by atoms with E-state index in [2.05, 4.69) is 33.1 Å². The summed E-state index contributed by atoms with van der Waals surface area (Å²) < 4.78 is 0.880. The summed E-state index contributed by atoms with van der Waals surface area (Å²) in [5.41, 5.74) is 5.67. The zero-order chi connectivity index (χ0) is 13.9. The molecular weight excluding hydrogens is 357 g/mol. The Kier molecular flexibility index (Phi) is 4.28. The van der Waals surface area contributed by atoms with Crippen LogP contribution in [0.1, 0.15) is 36.0 Å². The standard InChI is InChI=1S/C13H16IN3O2/c14-10-6-2-1-5-9(10)11(18)16-13(12(15)17-19)7-3-4-8-13/h1-2,5-6,19H,3-4,7-8H2,(H2,15,17)(H,16,18). The lowest BCUT2D eigenvalue weighted by molar-refractivity contribution is 0.0922. The number of hydrogen-bond acceptors (Lipinski definition) is 3. The molecule has 5 nitrogen and oxygen atoms in total. The van der Waals surface area contributed by atoms with Crippen LogP contribution in [0.4, 0.5) is 0 Å². The molecule has 0 radical (unpaired) electrons. The van der Waals surface area contributed by atoms with Crippen LogP contribution in [0.5, 0.6) is 0 Å². The minimum atomic E-state index is -0.704. The zero-order valence-electron chi connectivity index (χ0n) is 10.4. The lowest BCUT2D eigenvalue weighted by Crippen LogP contribution is -2.55. The molecule has 0 saturated heterocycles. The van der Waals surface area contributed by atoms with E-state index in [4.69, 9.17) is 10.9 Å². The Labute approximate surface area is 125 Å². The third kappa shape index (κ3) is 2.83. The van der Waals surface area contributed by atoms with Gasteiger partial charge < -0.3 is 16.3 Å². The molecule has 2 rings (SSSR count). The molecule has 0 aliphatic heterocycles. The summed E-state index contributed by atoms with van der Waals surface area (Å²) >= 11 is 2.12. The van der Waals surface area contributed by atoms with Gasteiger partial charge in [-0.25, -0.2) is 0 Å². The van der Waals surface area contributed by atoms with Crippen molar-refractivity contribution in [3.8, 4) is 0 Å². The van der Waals surface area contributed by atoms with Gasteiger partial charge in [-0.15, -0.1) is 0 Å². The fourth-order valence-electron chi connectivity index (χ4n) is 2.45. The lowest BCUT2D eigenvalue weighted by Gasteiger charge is -2.28. The molecule has 19 heavy (non-hydrogen) atoms. The molecule has 1 aliphatic carbocycles. The van der Waals surface area contributed by atoms with Crippen molar-refractivity contribution in [1.29, 1.82) is 0 Å². The molecule has 6 heteroatoms. The fourth-order valence-corrected chi connectivity index (χ4v) is 3.08. The molecule has 0 atom stereocenters. The summed E-state index contributed by atoms with van der Waals surface area (Å²) in [4.78, 5) is 12.3. The number of nitrogens with zero attached hydrogens (tertiary/aromatic N) is 1. The summed E-state index contributed by atoms with van der Waals surface area (Å²) in [6.07, 6.45) is 3.33. The van der Waals surface area contributed by atoms with Crippen LogP contribution in [-0.4, -0.2) is 22.5 Å². The maximum absolute atomic E-state index is 12.3. The maximum Gasteiger partial charge on any atom is 0.253 e. The van der Waals surface area contributed by atoms with Crippen molar-refractivity contribution in [1.82, 2.24) is 5.32 Å². The zero-order valence-corrected chi connectivity index (χ0v) is 12.6. The van der Waals surface area contributed by atoms with Crippen LogP contribution < -0.4 is 11.1 Å². The molecule has 0 spiro atoms. The molecule has 0 heterocycles. The van der Waals surface area contributed by atoms with Crippen LogP contribution in [0, 0.1) is 3.57 Å². The molecule has 1 aliphatic rings. The predicted octanol–water partition coefficient (Wildman–Crippen LogP) is 2.08. The number of benzene rings is 1. The van der Waals surface area contributed by atoms with E-state index in [9.17, 15) is 4.79 Å². The fraction of sp³-hybridized carbons (Fsp3) is 0.385. The smallest absolute Gasteiger partial charge is 0.253 e. The number of carbonyl (C=O) groups excluding carboxylic acids is 1. The summed E-state index contributed by atoms with van der Waals surface area (Å²) in [6.45, 7) is 0. The van der Waals surface area contributed by atoms with E-state index < -0.39 is 5.54 Å². The second-order valence-electron chi connectivity index (χ2n) is 4.71. The van der Waals surface area contributed by atoms with Gasteiger partial charge in [-0.2, -0.15) is 0 Å². The maximum atomic E-state index is 12.3. The average molecular weight is 373 g/mol. The van der Waals surface area contributed by atoms with E-state index in [0.29, 0.717) is 18.4 Å². The van der Waals surface area contributed by atoms with Gasteiger partial charge in [0.2, 0.25) is 0 Å². The van der Waals surface area contributed by atoms with Gasteiger partial charge in [0.05, 0.1) is 5.56 Å². The molecule has 0 aromatic heterocycles. The van der Waals surface area contributed by atoms with Gasteiger partial charge in [-0.05, 0) is 47.6 Å². The third-order valence-electron chi connectivity index (χ3n) is 3.53. The number of halogens is 1. The molecule has 1 fully saturated rings. The molecule has 1 aromatic rings. The Balaban J connectivity index is 2.24. The first-order chi connectivity index (χ1) is 9.09. The highest BCUT2D eigenvalue weighted by Gasteiger charge is 2.40. The summed E-state index contributed by atoms with van der Waals surface area (Å²) in [5, 5.41) is 14.9. The molecular formula is C13H16IN3O2. The Hall–Kier alpha value is -1.31. The molecule has 0 bridgehead atoms. The Bertz CT molecular complexity index is 510. The number of amides is 1. The predicted molar refractivity (Wildman–Crippen MR) is 81.2 cm³/mol. The first-order valence-electron chi connectivity index (χ1n) is 6.14. The van der Waals surface area contributed by atoms with Crippen LogP contribution in [0.2, 0.25) is 0 Å². The minimum absolute atomic E-state index is 0.0873. The van der Waals surface area contributed by atoms with E-state index in [1.165, 1.54) is 0 Å². The normalized spacial score (nSPS) is 18.3. The minimum Gasteiger partial charge on any atom is -0.409 e. The van der Waals surface area contributed by atoms with Crippen LogP contribution in [0.3, 0.4) is 0 Å². The first-order valence-corrected chi connectivity index (χ1v) is 7.22. The lowest BCUT2D eigenvalue weighted by atomic mass is 9.95. The largest absolute Gasteiger partial charge is 0.409 e. The number of carbonyl (C=O) groups is 1. The molecule has 102 valence electrons. The Morgan fingerprint density at radius 3 is 2.58 bits per heavy atom. The monoisotopic (exact) mass is 373 g/mol. The van der Waals surface area contributed by atoms with Crippen molar-refractivity contribution >= 4 is 34.3 Å². The Morgan fingerprint density at radius 1 is 1.37 bits per heavy atom. The second-order valence-corrected chi connectivity index (χ2v) is 5.87. The molecule has 1 saturated carbocycles. The van der Waals surface area contributed by atoms with Crippen molar-refractivity contribution < 1.29 is 10.0 Å². The molecule has 1 amide bonds. The summed E-state index contributed by atoms with van der Waals surface area (Å²) in [7, 11) is 0. The van der Waals surface area contributed by atoms with Crippen LogP contribution in [-0.2, 0) is 0 Å². The van der Waals surface area contributed by atoms with Gasteiger partial charge in [-0.1, -0.05) is 30.1 Å². The van der Waals surface area contributed by atoms with Gasteiger partial charge in [0.15, 0.2) is 5.84 Å². The van der Waals surface area contributed by atoms with Crippen molar-refractivity contribution in [2.75, 3.05) is 0 Å². The number of hydrogen-bond donors (Lipinski definition) is 3. The van der Waals surface area contributed by atoms with Gasteiger partial charge in [0.25, 0.3) is 5.91 Å². The highest BCUT2D eigenvalue weighted by atomic mass is 127. The average Bonchev–Trinajstić information content (AvgIpc) is 2.88. The van der Waals surface area contributed by atoms with Crippen molar-refractivity contribution in [2.24, 2.45) is 10.9 Å². The van der Waals surface area contributed by atoms with Gasteiger partial charge in [0, 0.05) is 3.57 Å². The topological polar surface area (TPSA) is 87.7 Å². The molecule has 1 aromatic carbocycles. The third-order valence-corrected chi connectivity index (χ3v) is 4.47. The van der Waals surface area contributed by atoms with Gasteiger partial charge in [0.1, 0.15) is 5.54 Å². The number of rotatable bonds is 3. The van der Waals surface area contributed by atoms with Gasteiger partial charge in [-0.3, -0.25) is 4.79 Å². The quantitative estimate of drug-likeness (QED) is 0.249. The van der Waals surface area contributed by atoms with Gasteiger partial charge >= 0.3 is 0 Å². The number of nitrogens with one attached hydrogen (secondary N) is 1. The van der Waals surface area contributed by atoms with Crippen molar-refractivity contribution in [3.05, 3.63) is 33.4 Å². The van der Waals surface area contributed by atoms with Crippen LogP contribution in [0.15, 0.2) is 29.4 Å². The van der Waals surface area contributed by atoms with Crippen LogP contribution >= 0.6 is 22.6 Å². The number of oxime groups is 1. The molecule has 4 N–H and O–H groups in total. The first kappa shape index (κ1) is 14.1. The number of amidine groups is 1. The second kappa shape index (κ2) is 5.77. The van der Waals surface area contributed by atoms with E-state index >= 15 is 0 Å². The highest BCUT2D eigenvalue weighted by molar-refractivity contribution is 14.1. The van der Waals surface area contributed by atoms with E-state index in [0.717, 1.165) is 16.4 Å². The van der Waals surface area contributed by atoms with Crippen molar-refractivity contribution in [2.45, 2.75) is 31.2 Å². The Morgan fingerprint density at radius 2 is 2.00 bits per heavy atom. The molecule has 0 unspecified atom stereocenters. The van der Waals surface area contributed by atoms with Crippen molar-refractivity contribution in [3.63, 3.8) is 0 Å². The van der Waals surface area contributed by atoms with Crippen LogP contribution in [0.25, 0.3) is 0 Å². The number of nitrogens with two attached hydrogens (primary N) is 1. The summed E-state index contributed by atoms with van der Waals surface area (Å²) in [5.74, 6) is -0.0946. The summed E-state index contributed by atoms with van der Waals surface area (Å²) in [6, 6.07) is 7.35. The van der Waals surface area contributed by atoms with E-state index in [1.54, 1.807) is 6.07 Å². The SMILES string of the molecule is N/C(=N/O)C1(NC(=O)c2ccccc2I)CCCC1.